The van der Waals surface area contributed by atoms with Crippen LogP contribution in [0.25, 0.3) is 0 Å². The van der Waals surface area contributed by atoms with E-state index >= 15 is 0 Å². The lowest BCUT2D eigenvalue weighted by molar-refractivity contribution is -0.156. The third kappa shape index (κ3) is 3.04. The second kappa shape index (κ2) is 7.59. The van der Waals surface area contributed by atoms with Gasteiger partial charge in [-0.2, -0.15) is 11.8 Å². The van der Waals surface area contributed by atoms with Crippen LogP contribution in [0.4, 0.5) is 4.39 Å². The minimum absolute atomic E-state index is 0.154. The average Bonchev–Trinajstić information content (AvgIpc) is 3.11. The van der Waals surface area contributed by atoms with Crippen molar-refractivity contribution in [2.24, 2.45) is 11.8 Å². The smallest absolute Gasteiger partial charge is 0.327 e. The van der Waals surface area contributed by atoms with Crippen LogP contribution in [0.5, 0.6) is 0 Å². The van der Waals surface area contributed by atoms with E-state index in [9.17, 15) is 18.8 Å². The Morgan fingerprint density at radius 2 is 2.04 bits per heavy atom. The number of carbonyl (C=O) groups excluding carboxylic acids is 3. The van der Waals surface area contributed by atoms with Crippen molar-refractivity contribution in [2.75, 3.05) is 25.7 Å². The van der Waals surface area contributed by atoms with Crippen molar-refractivity contribution in [1.29, 1.82) is 0 Å². The number of nitrogens with zero attached hydrogens (tertiary/aromatic N) is 1. The van der Waals surface area contributed by atoms with Gasteiger partial charge >= 0.3 is 5.97 Å². The molecule has 2 aliphatic rings. The molecule has 6 nitrogen and oxygen atoms in total. The average molecular weight is 394 g/mol. The molecule has 0 aliphatic carbocycles. The molecule has 1 aromatic carbocycles. The van der Waals surface area contributed by atoms with Gasteiger partial charge in [0.25, 0.3) is 0 Å². The zero-order chi connectivity index (χ0) is 19.8. The first-order valence-electron chi connectivity index (χ1n) is 8.88. The van der Waals surface area contributed by atoms with Crippen LogP contribution < -0.4 is 5.32 Å². The molecular weight excluding hydrogens is 371 g/mol. The Labute approximate surface area is 161 Å². The maximum absolute atomic E-state index is 14.5. The van der Waals surface area contributed by atoms with Crippen LogP contribution in [-0.2, 0) is 19.1 Å². The number of rotatable bonds is 6. The van der Waals surface area contributed by atoms with Gasteiger partial charge in [0.05, 0.1) is 18.4 Å². The fraction of sp³-hybridized carbons (Fsp3) is 0.526. The third-order valence-corrected chi connectivity index (χ3v) is 6.07. The lowest BCUT2D eigenvalue weighted by Crippen LogP contribution is -2.56. The van der Waals surface area contributed by atoms with E-state index < -0.39 is 47.0 Å². The minimum atomic E-state index is -1.35. The van der Waals surface area contributed by atoms with Gasteiger partial charge in [0.1, 0.15) is 11.4 Å². The molecule has 0 spiro atoms. The van der Waals surface area contributed by atoms with Gasteiger partial charge in [-0.3, -0.25) is 24.6 Å². The van der Waals surface area contributed by atoms with E-state index in [2.05, 4.69) is 5.32 Å². The van der Waals surface area contributed by atoms with Crippen LogP contribution in [0.3, 0.4) is 0 Å². The number of hydrogen-bond donors (Lipinski definition) is 1. The van der Waals surface area contributed by atoms with E-state index in [1.165, 1.54) is 24.9 Å². The molecule has 146 valence electrons. The van der Waals surface area contributed by atoms with Gasteiger partial charge in [-0.05, 0) is 31.4 Å². The molecule has 1 aromatic rings. The number of imide groups is 1. The highest BCUT2D eigenvalue weighted by Gasteiger charge is 2.68. The lowest BCUT2D eigenvalue weighted by atomic mass is 9.77. The summed E-state index contributed by atoms with van der Waals surface area (Å²) >= 11 is 1.53. The van der Waals surface area contributed by atoms with Crippen molar-refractivity contribution < 1.29 is 23.5 Å². The predicted molar refractivity (Wildman–Crippen MR) is 99.4 cm³/mol. The molecular formula is C19H23FN2O4S. The minimum Gasteiger partial charge on any atom is -0.465 e. The van der Waals surface area contributed by atoms with Gasteiger partial charge in [-0.1, -0.05) is 18.2 Å². The summed E-state index contributed by atoms with van der Waals surface area (Å²) < 4.78 is 19.8. The number of halogens is 1. The molecule has 4 atom stereocenters. The second-order valence-electron chi connectivity index (χ2n) is 6.82. The number of nitrogens with one attached hydrogen (secondary N) is 1. The van der Waals surface area contributed by atoms with Crippen molar-refractivity contribution in [3.05, 3.63) is 35.6 Å². The number of fused-ring (bicyclic) bond motifs is 1. The highest BCUT2D eigenvalue weighted by molar-refractivity contribution is 7.98. The van der Waals surface area contributed by atoms with E-state index in [0.717, 1.165) is 4.90 Å². The van der Waals surface area contributed by atoms with Crippen molar-refractivity contribution in [2.45, 2.75) is 24.9 Å². The van der Waals surface area contributed by atoms with Crippen LogP contribution in [0.1, 0.15) is 24.9 Å². The van der Waals surface area contributed by atoms with Crippen LogP contribution in [-0.4, -0.2) is 53.9 Å². The van der Waals surface area contributed by atoms with E-state index in [4.69, 9.17) is 4.74 Å². The highest BCUT2D eigenvalue weighted by atomic mass is 32.2. The van der Waals surface area contributed by atoms with Crippen molar-refractivity contribution in [3.8, 4) is 0 Å². The Hall–Kier alpha value is -1.93. The first kappa shape index (κ1) is 19.8. The summed E-state index contributed by atoms with van der Waals surface area (Å²) in [6, 6.07) is 5.35. The SMILES string of the molecule is CCOC(=O)[C@]1(CCSC)N[C@H](c2ccccc2F)[C@@H]2C(=O)N(C)C(=O)[C@H]21. The number of likely N-dealkylation sites (tertiary alicyclic amines) is 1. The van der Waals surface area contributed by atoms with Gasteiger partial charge in [-0.15, -0.1) is 0 Å². The maximum Gasteiger partial charge on any atom is 0.327 e. The number of hydrogen-bond acceptors (Lipinski definition) is 6. The highest BCUT2D eigenvalue weighted by Crippen LogP contribution is 2.50. The Morgan fingerprint density at radius 3 is 2.67 bits per heavy atom. The molecule has 3 rings (SSSR count). The number of esters is 1. The van der Waals surface area contributed by atoms with Crippen LogP contribution in [0, 0.1) is 17.7 Å². The van der Waals surface area contributed by atoms with Gasteiger partial charge in [0, 0.05) is 18.7 Å². The molecule has 0 unspecified atom stereocenters. The molecule has 2 fully saturated rings. The Bertz CT molecular complexity index is 774. The van der Waals surface area contributed by atoms with Crippen molar-refractivity contribution >= 4 is 29.5 Å². The molecule has 2 saturated heterocycles. The molecule has 8 heteroatoms. The van der Waals surface area contributed by atoms with Crippen LogP contribution >= 0.6 is 11.8 Å². The van der Waals surface area contributed by atoms with Crippen LogP contribution in [0.2, 0.25) is 0 Å². The van der Waals surface area contributed by atoms with Gasteiger partial charge < -0.3 is 4.74 Å². The van der Waals surface area contributed by atoms with E-state index in [1.54, 1.807) is 25.1 Å². The third-order valence-electron chi connectivity index (χ3n) is 5.46. The Balaban J connectivity index is 2.14. The lowest BCUT2D eigenvalue weighted by Gasteiger charge is -2.32. The monoisotopic (exact) mass is 394 g/mol. The topological polar surface area (TPSA) is 75.7 Å². The molecule has 2 amide bonds. The van der Waals surface area contributed by atoms with E-state index in [-0.39, 0.29) is 12.2 Å². The quantitative estimate of drug-likeness (QED) is 0.585. The first-order valence-corrected chi connectivity index (χ1v) is 10.3. The molecule has 0 bridgehead atoms. The summed E-state index contributed by atoms with van der Waals surface area (Å²) in [5.74, 6) is -3.04. The number of thioether (sulfide) groups is 1. The fourth-order valence-corrected chi connectivity index (χ4v) is 4.71. The molecule has 1 N–H and O–H groups in total. The molecule has 27 heavy (non-hydrogen) atoms. The van der Waals surface area contributed by atoms with Crippen molar-refractivity contribution in [1.82, 2.24) is 10.2 Å². The van der Waals surface area contributed by atoms with E-state index in [0.29, 0.717) is 12.2 Å². The largest absolute Gasteiger partial charge is 0.465 e. The summed E-state index contributed by atoms with van der Waals surface area (Å²) in [4.78, 5) is 39.7. The summed E-state index contributed by atoms with van der Waals surface area (Å²) in [6.45, 7) is 1.84. The van der Waals surface area contributed by atoms with Gasteiger partial charge in [-0.25, -0.2) is 4.39 Å². The number of benzene rings is 1. The standard InChI is InChI=1S/C19H23FN2O4S/c1-4-26-18(25)19(9-10-27-3)14-13(16(23)22(2)17(14)24)15(21-19)11-7-5-6-8-12(11)20/h5-8,13-15,21H,4,9-10H2,1-3H3/t13-,14+,15-,19-/m1/s1. The number of ether oxygens (including phenoxy) is 1. The van der Waals surface area contributed by atoms with Gasteiger partial charge in [0.15, 0.2) is 0 Å². The summed E-state index contributed by atoms with van der Waals surface area (Å²) in [6.07, 6.45) is 2.21. The summed E-state index contributed by atoms with van der Waals surface area (Å²) in [7, 11) is 1.41. The molecule has 0 radical (unpaired) electrons. The normalized spacial score (nSPS) is 29.9. The number of amides is 2. The van der Waals surface area contributed by atoms with E-state index in [1.807, 2.05) is 6.26 Å². The zero-order valence-electron chi connectivity index (χ0n) is 15.5. The van der Waals surface area contributed by atoms with Gasteiger partial charge in [0.2, 0.25) is 11.8 Å². The summed E-state index contributed by atoms with van der Waals surface area (Å²) in [5.41, 5.74) is -1.08. The Morgan fingerprint density at radius 1 is 1.33 bits per heavy atom. The van der Waals surface area contributed by atoms with Crippen LogP contribution in [0.15, 0.2) is 24.3 Å². The fourth-order valence-electron chi connectivity index (χ4n) is 4.18. The molecule has 0 aromatic heterocycles. The predicted octanol–water partition coefficient (Wildman–Crippen LogP) is 1.76. The second-order valence-corrected chi connectivity index (χ2v) is 7.80. The molecule has 2 aliphatic heterocycles. The number of carbonyl (C=O) groups is 3. The first-order chi connectivity index (χ1) is 12.9. The summed E-state index contributed by atoms with van der Waals surface area (Å²) in [5, 5.41) is 3.17. The zero-order valence-corrected chi connectivity index (χ0v) is 16.3. The molecule has 0 saturated carbocycles. The maximum atomic E-state index is 14.5. The molecule has 2 heterocycles. The van der Waals surface area contributed by atoms with Crippen molar-refractivity contribution in [3.63, 3.8) is 0 Å². The Kier molecular flexibility index (Phi) is 5.58.